The molecule has 0 bridgehead atoms. The minimum absolute atomic E-state index is 0.0819. The Morgan fingerprint density at radius 1 is 1.50 bits per heavy atom. The molecule has 6 heteroatoms. The van der Waals surface area contributed by atoms with E-state index in [9.17, 15) is 0 Å². The maximum Gasteiger partial charge on any atom is 0.153 e. The molecule has 0 saturated heterocycles. The largest absolute Gasteiger partial charge is 0.377 e. The summed E-state index contributed by atoms with van der Waals surface area (Å²) < 4.78 is 8.18. The summed E-state index contributed by atoms with van der Waals surface area (Å²) in [7, 11) is 1.89. The molecule has 0 amide bonds. The van der Waals surface area contributed by atoms with Crippen LogP contribution in [0.1, 0.15) is 32.5 Å². The fourth-order valence-electron chi connectivity index (χ4n) is 1.73. The lowest BCUT2D eigenvalue weighted by molar-refractivity contribution is 0.0453. The van der Waals surface area contributed by atoms with Crippen LogP contribution in [0, 0.1) is 0 Å². The zero-order valence-corrected chi connectivity index (χ0v) is 11.8. The van der Waals surface area contributed by atoms with Crippen molar-refractivity contribution in [1.82, 2.24) is 20.3 Å². The number of nitrogens with one attached hydrogen (secondary N) is 1. The van der Waals surface area contributed by atoms with Gasteiger partial charge >= 0.3 is 0 Å². The van der Waals surface area contributed by atoms with Gasteiger partial charge in [0.2, 0.25) is 0 Å². The fourth-order valence-corrected chi connectivity index (χ4v) is 2.31. The Hall–Kier alpha value is -0.460. The quantitative estimate of drug-likeness (QED) is 0.866. The molecular weight excluding hydrogens is 272 g/mol. The summed E-state index contributed by atoms with van der Waals surface area (Å²) in [4.78, 5) is 0. The Bertz CT molecular complexity index is 309. The molecule has 0 fully saturated rings. The Morgan fingerprint density at radius 2 is 2.19 bits per heavy atom. The van der Waals surface area contributed by atoms with Crippen LogP contribution in [-0.2, 0) is 11.8 Å². The molecule has 1 rings (SSSR count). The molecule has 0 saturated carbocycles. The molecule has 1 aromatic rings. The summed E-state index contributed by atoms with van der Waals surface area (Å²) in [5.74, 6) is 0. The maximum atomic E-state index is 5.64. The molecule has 5 nitrogen and oxygen atoms in total. The van der Waals surface area contributed by atoms with E-state index in [1.807, 2.05) is 14.0 Å². The van der Waals surface area contributed by atoms with Gasteiger partial charge in [-0.3, -0.25) is 0 Å². The van der Waals surface area contributed by atoms with Gasteiger partial charge in [-0.05, 0) is 36.3 Å². The van der Waals surface area contributed by atoms with Gasteiger partial charge in [0.25, 0.3) is 0 Å². The lowest BCUT2D eigenvalue weighted by atomic mass is 10.1. The van der Waals surface area contributed by atoms with E-state index in [2.05, 4.69) is 45.4 Å². The monoisotopic (exact) mass is 290 g/mol. The van der Waals surface area contributed by atoms with Gasteiger partial charge in [-0.15, -0.1) is 5.10 Å². The topological polar surface area (TPSA) is 52.0 Å². The van der Waals surface area contributed by atoms with Crippen molar-refractivity contribution in [3.63, 3.8) is 0 Å². The second kappa shape index (κ2) is 6.32. The molecule has 2 unspecified atom stereocenters. The second-order valence-electron chi connectivity index (χ2n) is 3.58. The summed E-state index contributed by atoms with van der Waals surface area (Å²) >= 11 is 3.42. The van der Waals surface area contributed by atoms with Crippen molar-refractivity contribution >= 4 is 15.9 Å². The van der Waals surface area contributed by atoms with E-state index in [1.54, 1.807) is 4.68 Å². The van der Waals surface area contributed by atoms with Crippen molar-refractivity contribution in [2.24, 2.45) is 7.05 Å². The van der Waals surface area contributed by atoms with Crippen LogP contribution in [0.3, 0.4) is 0 Å². The minimum atomic E-state index is 0.0819. The lowest BCUT2D eigenvalue weighted by Gasteiger charge is -2.24. The van der Waals surface area contributed by atoms with Crippen LogP contribution in [0.4, 0.5) is 0 Å². The van der Waals surface area contributed by atoms with Gasteiger partial charge in [-0.2, -0.15) is 0 Å². The van der Waals surface area contributed by atoms with Gasteiger partial charge in [0.05, 0.1) is 17.8 Å². The Balaban J connectivity index is 2.92. The van der Waals surface area contributed by atoms with Crippen molar-refractivity contribution in [2.45, 2.75) is 32.9 Å². The van der Waals surface area contributed by atoms with Crippen LogP contribution in [0.5, 0.6) is 0 Å². The van der Waals surface area contributed by atoms with E-state index in [-0.39, 0.29) is 12.1 Å². The number of aryl methyl sites for hydroxylation is 1. The van der Waals surface area contributed by atoms with Gasteiger partial charge in [0.15, 0.2) is 4.60 Å². The number of hydrogen-bond acceptors (Lipinski definition) is 4. The zero-order valence-electron chi connectivity index (χ0n) is 10.2. The molecule has 1 N–H and O–H groups in total. The first-order valence-corrected chi connectivity index (χ1v) is 6.31. The van der Waals surface area contributed by atoms with Gasteiger partial charge < -0.3 is 10.1 Å². The predicted molar refractivity (Wildman–Crippen MR) is 66.2 cm³/mol. The zero-order chi connectivity index (χ0) is 12.1. The molecule has 1 aromatic heterocycles. The van der Waals surface area contributed by atoms with Crippen LogP contribution >= 0.6 is 15.9 Å². The van der Waals surface area contributed by atoms with E-state index in [1.165, 1.54) is 0 Å². The average Bonchev–Trinajstić information content (AvgIpc) is 2.56. The summed E-state index contributed by atoms with van der Waals surface area (Å²) in [5, 5.41) is 11.4. The molecule has 0 spiro atoms. The SMILES string of the molecule is CCNC(c1c(Br)nnn1C)C(C)OCC. The molecule has 2 atom stereocenters. The number of hydrogen-bond donors (Lipinski definition) is 1. The molecule has 0 aliphatic rings. The number of halogens is 1. The highest BCUT2D eigenvalue weighted by atomic mass is 79.9. The summed E-state index contributed by atoms with van der Waals surface area (Å²) in [6.07, 6.45) is 0.0819. The average molecular weight is 291 g/mol. The first kappa shape index (κ1) is 13.6. The number of likely N-dealkylation sites (N-methyl/N-ethyl adjacent to an activating group) is 1. The Morgan fingerprint density at radius 3 is 2.62 bits per heavy atom. The molecule has 92 valence electrons. The third-order valence-electron chi connectivity index (χ3n) is 2.44. The van der Waals surface area contributed by atoms with Crippen molar-refractivity contribution in [1.29, 1.82) is 0 Å². The molecule has 0 aliphatic carbocycles. The van der Waals surface area contributed by atoms with E-state index in [0.717, 1.165) is 16.8 Å². The number of rotatable bonds is 6. The van der Waals surface area contributed by atoms with Crippen LogP contribution in [0.15, 0.2) is 4.60 Å². The van der Waals surface area contributed by atoms with Crippen molar-refractivity contribution < 1.29 is 4.74 Å². The number of nitrogens with zero attached hydrogens (tertiary/aromatic N) is 3. The molecule has 16 heavy (non-hydrogen) atoms. The highest BCUT2D eigenvalue weighted by Crippen LogP contribution is 2.24. The summed E-state index contributed by atoms with van der Waals surface area (Å²) in [6.45, 7) is 7.70. The smallest absolute Gasteiger partial charge is 0.153 e. The van der Waals surface area contributed by atoms with Crippen LogP contribution in [0.25, 0.3) is 0 Å². The maximum absolute atomic E-state index is 5.64. The standard InChI is InChI=1S/C10H19BrN4O/c1-5-12-8(7(3)16-6-2)9-10(11)13-14-15(9)4/h7-8,12H,5-6H2,1-4H3. The Kier molecular flexibility index (Phi) is 5.37. The molecular formula is C10H19BrN4O. The molecule has 0 radical (unpaired) electrons. The second-order valence-corrected chi connectivity index (χ2v) is 4.34. The van der Waals surface area contributed by atoms with E-state index in [4.69, 9.17) is 4.74 Å². The van der Waals surface area contributed by atoms with Crippen LogP contribution < -0.4 is 5.32 Å². The third-order valence-corrected chi connectivity index (χ3v) is 3.01. The highest BCUT2D eigenvalue weighted by Gasteiger charge is 2.25. The highest BCUT2D eigenvalue weighted by molar-refractivity contribution is 9.10. The molecule has 0 aliphatic heterocycles. The summed E-state index contributed by atoms with van der Waals surface area (Å²) in [6, 6.07) is 0.0966. The van der Waals surface area contributed by atoms with Gasteiger partial charge in [-0.25, -0.2) is 4.68 Å². The van der Waals surface area contributed by atoms with Crippen molar-refractivity contribution in [3.8, 4) is 0 Å². The van der Waals surface area contributed by atoms with Gasteiger partial charge in [0, 0.05) is 13.7 Å². The Labute approximate surface area is 105 Å². The van der Waals surface area contributed by atoms with Gasteiger partial charge in [0.1, 0.15) is 0 Å². The van der Waals surface area contributed by atoms with Crippen LogP contribution in [0.2, 0.25) is 0 Å². The normalized spacial score (nSPS) is 15.1. The van der Waals surface area contributed by atoms with E-state index >= 15 is 0 Å². The lowest BCUT2D eigenvalue weighted by Crippen LogP contribution is -2.33. The van der Waals surface area contributed by atoms with Crippen molar-refractivity contribution in [2.75, 3.05) is 13.2 Å². The van der Waals surface area contributed by atoms with Crippen LogP contribution in [-0.4, -0.2) is 34.2 Å². The van der Waals surface area contributed by atoms with E-state index in [0.29, 0.717) is 6.61 Å². The number of ether oxygens (including phenoxy) is 1. The fraction of sp³-hybridized carbons (Fsp3) is 0.800. The minimum Gasteiger partial charge on any atom is -0.377 e. The third kappa shape index (κ3) is 3.02. The summed E-state index contributed by atoms with van der Waals surface area (Å²) in [5.41, 5.74) is 1.02. The first-order chi connectivity index (χ1) is 7.61. The van der Waals surface area contributed by atoms with Crippen molar-refractivity contribution in [3.05, 3.63) is 10.3 Å². The van der Waals surface area contributed by atoms with Gasteiger partial charge in [-0.1, -0.05) is 12.1 Å². The predicted octanol–water partition coefficient (Wildman–Crippen LogP) is 1.65. The van der Waals surface area contributed by atoms with E-state index < -0.39 is 0 Å². The molecule has 0 aromatic carbocycles. The molecule has 1 heterocycles. The number of aromatic nitrogens is 3. The first-order valence-electron chi connectivity index (χ1n) is 5.51.